The van der Waals surface area contributed by atoms with Crippen LogP contribution in [0, 0.1) is 5.92 Å². The summed E-state index contributed by atoms with van der Waals surface area (Å²) in [5.41, 5.74) is 0.555. The molecule has 0 aromatic carbocycles. The topological polar surface area (TPSA) is 58.2 Å². The number of allylic oxidation sites excluding steroid dienone is 1. The number of hydrogen-bond donors (Lipinski definition) is 1. The number of carbonyl (C=O) groups excluding carboxylic acids is 1. The summed E-state index contributed by atoms with van der Waals surface area (Å²) in [5.74, 6) is 0.268. The molecular formula is C18H27N3O2. The van der Waals surface area contributed by atoms with Crippen LogP contribution >= 0.6 is 0 Å². The molecule has 0 fully saturated rings. The van der Waals surface area contributed by atoms with Gasteiger partial charge in [0.15, 0.2) is 0 Å². The van der Waals surface area contributed by atoms with Crippen LogP contribution in [-0.4, -0.2) is 33.3 Å². The van der Waals surface area contributed by atoms with Gasteiger partial charge in [-0.05, 0) is 38.3 Å². The van der Waals surface area contributed by atoms with Crippen LogP contribution in [0.5, 0.6) is 0 Å². The Kier molecular flexibility index (Phi) is 5.96. The number of amides is 1. The Balaban J connectivity index is 3.05. The van der Waals surface area contributed by atoms with E-state index in [9.17, 15) is 4.79 Å². The van der Waals surface area contributed by atoms with Gasteiger partial charge in [0.05, 0.1) is 11.5 Å². The second-order valence-electron chi connectivity index (χ2n) is 6.90. The van der Waals surface area contributed by atoms with Crippen molar-refractivity contribution in [3.8, 4) is 0 Å². The van der Waals surface area contributed by atoms with Crippen LogP contribution in [0.4, 0.5) is 4.79 Å². The second kappa shape index (κ2) is 7.31. The van der Waals surface area contributed by atoms with Gasteiger partial charge in [-0.15, -0.1) is 0 Å². The van der Waals surface area contributed by atoms with Crippen LogP contribution < -0.4 is 10.6 Å². The highest BCUT2D eigenvalue weighted by molar-refractivity contribution is 5.73. The summed E-state index contributed by atoms with van der Waals surface area (Å²) >= 11 is 0. The van der Waals surface area contributed by atoms with Gasteiger partial charge in [-0.25, -0.2) is 4.79 Å². The zero-order chi connectivity index (χ0) is 17.8. The van der Waals surface area contributed by atoms with Gasteiger partial charge in [-0.1, -0.05) is 33.6 Å². The number of carbonyl (C=O) groups is 1. The Hall–Kier alpha value is -2.30. The first kappa shape index (κ1) is 18.7. The Morgan fingerprint density at radius 2 is 2.04 bits per heavy atom. The van der Waals surface area contributed by atoms with Crippen molar-refractivity contribution >= 4 is 18.7 Å². The molecule has 0 spiro atoms. The largest absolute Gasteiger partial charge is 0.443 e. The van der Waals surface area contributed by atoms with Gasteiger partial charge in [-0.2, -0.15) is 5.10 Å². The minimum atomic E-state index is -0.567. The lowest BCUT2D eigenvalue weighted by Gasteiger charge is -2.30. The molecule has 0 atom stereocenters. The molecule has 0 aliphatic rings. The highest BCUT2D eigenvalue weighted by Crippen LogP contribution is 2.19. The molecule has 1 N–H and O–H groups in total. The zero-order valence-electron chi connectivity index (χ0n) is 14.8. The number of H-pyrrole nitrogens is 1. The van der Waals surface area contributed by atoms with Gasteiger partial charge in [0.2, 0.25) is 0 Å². The van der Waals surface area contributed by atoms with E-state index in [1.165, 1.54) is 4.90 Å². The summed E-state index contributed by atoms with van der Waals surface area (Å²) in [6.45, 7) is 21.9. The lowest BCUT2D eigenvalue weighted by molar-refractivity contribution is 0.0302. The molecule has 1 rings (SSSR count). The minimum Gasteiger partial charge on any atom is -0.443 e. The maximum atomic E-state index is 12.5. The van der Waals surface area contributed by atoms with Gasteiger partial charge >= 0.3 is 6.09 Å². The van der Waals surface area contributed by atoms with E-state index in [-0.39, 0.29) is 5.92 Å². The van der Waals surface area contributed by atoms with Crippen LogP contribution in [0.25, 0.3) is 12.7 Å². The summed E-state index contributed by atoms with van der Waals surface area (Å²) in [4.78, 5) is 14.0. The van der Waals surface area contributed by atoms with Crippen molar-refractivity contribution in [2.24, 2.45) is 5.92 Å². The Bertz CT molecular complexity index is 693. The van der Waals surface area contributed by atoms with Gasteiger partial charge < -0.3 is 4.74 Å². The second-order valence-corrected chi connectivity index (χ2v) is 6.90. The Morgan fingerprint density at radius 3 is 2.48 bits per heavy atom. The summed E-state index contributed by atoms with van der Waals surface area (Å²) in [7, 11) is 0. The Morgan fingerprint density at radius 1 is 1.43 bits per heavy atom. The molecule has 0 radical (unpaired) electrons. The van der Waals surface area contributed by atoms with Crippen LogP contribution in [0.2, 0.25) is 0 Å². The summed E-state index contributed by atoms with van der Waals surface area (Å²) < 4.78 is 5.47. The highest BCUT2D eigenvalue weighted by atomic mass is 16.6. The standard InChI is InChI=1S/C18H27N3O2/c1-12(2)11-21(17(22)23-18(6,7)8)15(5)13(3)9-16-10-19-20-14(16)4/h9-10,12,20H,3-5,11H2,1-2,6-8H3/b16-9-. The van der Waals surface area contributed by atoms with Gasteiger partial charge in [-0.3, -0.25) is 10.00 Å². The quantitative estimate of drug-likeness (QED) is 0.849. The van der Waals surface area contributed by atoms with E-state index >= 15 is 0 Å². The van der Waals surface area contributed by atoms with Crippen molar-refractivity contribution < 1.29 is 9.53 Å². The van der Waals surface area contributed by atoms with Crippen molar-refractivity contribution in [2.75, 3.05) is 6.54 Å². The zero-order valence-corrected chi connectivity index (χ0v) is 14.8. The first-order valence-corrected chi connectivity index (χ1v) is 7.60. The Labute approximate surface area is 138 Å². The van der Waals surface area contributed by atoms with Crippen LogP contribution in [0.3, 0.4) is 0 Å². The third-order valence-electron chi connectivity index (χ3n) is 2.94. The molecule has 5 heteroatoms. The molecule has 5 nitrogen and oxygen atoms in total. The number of aromatic amines is 1. The molecule has 0 saturated heterocycles. The molecule has 0 aliphatic carbocycles. The maximum absolute atomic E-state index is 12.5. The molecule has 23 heavy (non-hydrogen) atoms. The smallest absolute Gasteiger partial charge is 0.414 e. The van der Waals surface area contributed by atoms with E-state index in [2.05, 4.69) is 29.9 Å². The predicted octanol–water partition coefficient (Wildman–Crippen LogP) is 2.56. The van der Waals surface area contributed by atoms with Gasteiger partial charge in [0.25, 0.3) is 0 Å². The summed E-state index contributed by atoms with van der Waals surface area (Å²) in [5, 5.41) is 8.17. The van der Waals surface area contributed by atoms with Crippen LogP contribution in [0.1, 0.15) is 34.6 Å². The van der Waals surface area contributed by atoms with E-state index in [1.54, 1.807) is 12.3 Å². The molecule has 0 saturated carbocycles. The number of hydrogen-bond acceptors (Lipinski definition) is 3. The van der Waals surface area contributed by atoms with Crippen molar-refractivity contribution in [1.82, 2.24) is 15.1 Å². The fraction of sp³-hybridized carbons (Fsp3) is 0.444. The average molecular weight is 317 g/mol. The highest BCUT2D eigenvalue weighted by Gasteiger charge is 2.25. The first-order chi connectivity index (χ1) is 10.5. The van der Waals surface area contributed by atoms with E-state index < -0.39 is 11.7 Å². The van der Waals surface area contributed by atoms with Crippen LogP contribution in [0.15, 0.2) is 30.6 Å². The van der Waals surface area contributed by atoms with Crippen molar-refractivity contribution in [2.45, 2.75) is 40.2 Å². The SMILES string of the molecule is C=C(/C=c1/cn[nH]c1=C)C(=C)N(CC(C)C)C(=O)OC(C)(C)C. The first-order valence-electron chi connectivity index (χ1n) is 7.60. The number of nitrogens with one attached hydrogen (secondary N) is 1. The normalized spacial score (nSPS) is 12.3. The fourth-order valence-corrected chi connectivity index (χ4v) is 1.87. The molecule has 1 aromatic heterocycles. The fourth-order valence-electron chi connectivity index (χ4n) is 1.87. The molecule has 0 bridgehead atoms. The van der Waals surface area contributed by atoms with E-state index in [0.29, 0.717) is 23.2 Å². The summed E-state index contributed by atoms with van der Waals surface area (Å²) in [6.07, 6.45) is 3.03. The van der Waals surface area contributed by atoms with Crippen LogP contribution in [-0.2, 0) is 4.74 Å². The van der Waals surface area contributed by atoms with Crippen molar-refractivity contribution in [3.63, 3.8) is 0 Å². The van der Waals surface area contributed by atoms with E-state index in [4.69, 9.17) is 4.74 Å². The van der Waals surface area contributed by atoms with E-state index in [0.717, 1.165) is 5.22 Å². The molecule has 1 amide bonds. The molecule has 0 aliphatic heterocycles. The molecule has 126 valence electrons. The van der Waals surface area contributed by atoms with Gasteiger partial charge in [0.1, 0.15) is 5.60 Å². The molecule has 1 heterocycles. The van der Waals surface area contributed by atoms with E-state index in [1.807, 2.05) is 34.6 Å². The average Bonchev–Trinajstić information content (AvgIpc) is 2.78. The molecular weight excluding hydrogens is 290 g/mol. The third-order valence-corrected chi connectivity index (χ3v) is 2.94. The third kappa shape index (κ3) is 5.77. The minimum absolute atomic E-state index is 0.268. The van der Waals surface area contributed by atoms with Crippen molar-refractivity contribution in [3.05, 3.63) is 41.2 Å². The van der Waals surface area contributed by atoms with Gasteiger partial charge in [0, 0.05) is 17.5 Å². The number of aromatic nitrogens is 2. The molecule has 1 aromatic rings. The lowest BCUT2D eigenvalue weighted by Crippen LogP contribution is -2.38. The number of rotatable bonds is 5. The summed E-state index contributed by atoms with van der Waals surface area (Å²) in [6, 6.07) is 0. The lowest BCUT2D eigenvalue weighted by atomic mass is 10.1. The monoisotopic (exact) mass is 317 g/mol. The number of ether oxygens (including phenoxy) is 1. The number of nitrogens with zero attached hydrogens (tertiary/aromatic N) is 2. The molecule has 0 unspecified atom stereocenters. The maximum Gasteiger partial charge on any atom is 0.414 e. The predicted molar refractivity (Wildman–Crippen MR) is 93.9 cm³/mol. The van der Waals surface area contributed by atoms with Crippen molar-refractivity contribution in [1.29, 1.82) is 0 Å².